The Morgan fingerprint density at radius 2 is 1.42 bits per heavy atom. The lowest BCUT2D eigenvalue weighted by Crippen LogP contribution is -2.52. The van der Waals surface area contributed by atoms with Gasteiger partial charge in [-0.05, 0) is 120 Å². The normalized spacial score (nSPS) is 12.8. The van der Waals surface area contributed by atoms with E-state index in [-0.39, 0.29) is 31.6 Å². The van der Waals surface area contributed by atoms with Crippen molar-refractivity contribution in [3.63, 3.8) is 0 Å². The first-order chi connectivity index (χ1) is 20.0. The van der Waals surface area contributed by atoms with Gasteiger partial charge in [0.05, 0.1) is 7.11 Å². The Hall–Kier alpha value is -2.90. The van der Waals surface area contributed by atoms with E-state index in [9.17, 15) is 24.0 Å². The minimum atomic E-state index is -1.06. The van der Waals surface area contributed by atoms with Gasteiger partial charge in [-0.3, -0.25) is 14.4 Å². The third-order valence-corrected chi connectivity index (χ3v) is 6.60. The molecule has 0 bridgehead atoms. The highest BCUT2D eigenvalue weighted by molar-refractivity contribution is 14.1. The van der Waals surface area contributed by atoms with Crippen molar-refractivity contribution in [3.8, 4) is 0 Å². The molecule has 1 aromatic carbocycles. The number of rotatable bonds is 16. The zero-order chi connectivity index (χ0) is 32.6. The number of esters is 2. The van der Waals surface area contributed by atoms with Crippen LogP contribution in [0.3, 0.4) is 0 Å². The first-order valence-electron chi connectivity index (χ1n) is 14.6. The highest BCUT2D eigenvalue weighted by Crippen LogP contribution is 2.13. The van der Waals surface area contributed by atoms with Crippen molar-refractivity contribution in [1.82, 2.24) is 16.0 Å². The molecule has 0 spiro atoms. The second-order valence-electron chi connectivity index (χ2n) is 12.2. The molecule has 0 saturated heterocycles. The predicted octanol–water partition coefficient (Wildman–Crippen LogP) is 4.57. The van der Waals surface area contributed by atoms with E-state index in [0.717, 1.165) is 9.13 Å². The average molecular weight is 718 g/mol. The maximum atomic E-state index is 13.3. The molecule has 0 radical (unpaired) electrons. The Morgan fingerprint density at radius 1 is 0.791 bits per heavy atom. The predicted molar refractivity (Wildman–Crippen MR) is 171 cm³/mol. The smallest absolute Gasteiger partial charge is 0.407 e. The van der Waals surface area contributed by atoms with Crippen LogP contribution in [-0.4, -0.2) is 66.8 Å². The molecule has 3 amide bonds. The van der Waals surface area contributed by atoms with Crippen LogP contribution in [0.15, 0.2) is 24.3 Å². The Bertz CT molecular complexity index is 1060. The number of carbonyl (C=O) groups excluding carboxylic acids is 5. The molecule has 0 aromatic heterocycles. The van der Waals surface area contributed by atoms with Crippen LogP contribution in [0.4, 0.5) is 4.79 Å². The summed E-state index contributed by atoms with van der Waals surface area (Å²) in [5, 5.41) is 8.05. The maximum absolute atomic E-state index is 13.3. The molecular weight excluding hydrogens is 669 g/mol. The summed E-state index contributed by atoms with van der Waals surface area (Å²) in [7, 11) is 1.22. The van der Waals surface area contributed by atoms with Crippen LogP contribution in [-0.2, 0) is 39.8 Å². The minimum absolute atomic E-state index is 0.00267. The van der Waals surface area contributed by atoms with Gasteiger partial charge >= 0.3 is 18.0 Å². The van der Waals surface area contributed by atoms with Crippen LogP contribution in [0.25, 0.3) is 0 Å². The Balaban J connectivity index is 2.77. The summed E-state index contributed by atoms with van der Waals surface area (Å²) >= 11 is 2.23. The first kappa shape index (κ1) is 38.1. The number of ether oxygens (including phenoxy) is 3. The molecule has 12 heteroatoms. The first-order valence-corrected chi connectivity index (χ1v) is 15.7. The SMILES string of the molecule is COC(=O)[C@@H](CCCCNC(=O)OC(C)(C)C)NC(=O)[C@@H](CCC(=O)OC(C)(C)C)NC(=O)CCCc1ccc(I)cc1. The van der Waals surface area contributed by atoms with Gasteiger partial charge in [-0.1, -0.05) is 12.1 Å². The number of amides is 3. The van der Waals surface area contributed by atoms with Crippen LogP contribution in [0.1, 0.15) is 92.1 Å². The van der Waals surface area contributed by atoms with Gasteiger partial charge in [-0.2, -0.15) is 0 Å². The summed E-state index contributed by atoms with van der Waals surface area (Å²) in [6.07, 6.45) is 2.10. The largest absolute Gasteiger partial charge is 0.467 e. The number of unbranched alkanes of at least 4 members (excludes halogenated alkanes) is 1. The summed E-state index contributed by atoms with van der Waals surface area (Å²) in [5.74, 6) is -2.07. The average Bonchev–Trinajstić information content (AvgIpc) is 2.88. The van der Waals surface area contributed by atoms with Gasteiger partial charge in [-0.25, -0.2) is 9.59 Å². The van der Waals surface area contributed by atoms with Gasteiger partial charge in [-0.15, -0.1) is 0 Å². The molecule has 0 aliphatic heterocycles. The monoisotopic (exact) mass is 717 g/mol. The molecule has 3 N–H and O–H groups in total. The van der Waals surface area contributed by atoms with Crippen molar-refractivity contribution in [3.05, 3.63) is 33.4 Å². The zero-order valence-corrected chi connectivity index (χ0v) is 28.6. The topological polar surface area (TPSA) is 149 Å². The molecule has 43 heavy (non-hydrogen) atoms. The molecule has 0 fully saturated rings. The van der Waals surface area contributed by atoms with E-state index < -0.39 is 47.2 Å². The molecule has 0 saturated carbocycles. The van der Waals surface area contributed by atoms with Crippen molar-refractivity contribution in [1.29, 1.82) is 0 Å². The maximum Gasteiger partial charge on any atom is 0.407 e. The number of halogens is 1. The molecule has 0 heterocycles. The fourth-order valence-electron chi connectivity index (χ4n) is 3.94. The standard InChI is InChI=1S/C31H48IN3O8/c1-30(2,3)42-26(37)19-18-23(34-25(36)13-10-11-21-14-16-22(32)17-15-21)27(38)35-24(28(39)41-7)12-8-9-20-33-29(40)43-31(4,5)6/h14-17,23-24H,8-13,18-20H2,1-7H3,(H,33,40)(H,34,36)(H,35,38)/t23-,24-/m1/s1. The Kier molecular flexibility index (Phi) is 16.6. The number of carbonyl (C=O) groups is 5. The molecule has 1 rings (SSSR count). The van der Waals surface area contributed by atoms with Gasteiger partial charge in [0.15, 0.2) is 0 Å². The summed E-state index contributed by atoms with van der Waals surface area (Å²) in [6, 6.07) is 6.00. The lowest BCUT2D eigenvalue weighted by molar-refractivity contribution is -0.155. The van der Waals surface area contributed by atoms with E-state index in [1.807, 2.05) is 24.3 Å². The van der Waals surface area contributed by atoms with E-state index in [0.29, 0.717) is 32.2 Å². The number of alkyl carbamates (subject to hydrolysis) is 1. The van der Waals surface area contributed by atoms with Gasteiger partial charge in [0.25, 0.3) is 0 Å². The molecule has 11 nitrogen and oxygen atoms in total. The quantitative estimate of drug-likeness (QED) is 0.0975. The molecule has 2 atom stereocenters. The lowest BCUT2D eigenvalue weighted by atomic mass is 10.1. The molecule has 0 unspecified atom stereocenters. The molecule has 0 aliphatic carbocycles. The fourth-order valence-corrected chi connectivity index (χ4v) is 4.30. The van der Waals surface area contributed by atoms with Crippen LogP contribution in [0.5, 0.6) is 0 Å². The van der Waals surface area contributed by atoms with Crippen LogP contribution in [0, 0.1) is 3.57 Å². The van der Waals surface area contributed by atoms with Gasteiger partial charge in [0.1, 0.15) is 23.3 Å². The van der Waals surface area contributed by atoms with E-state index in [2.05, 4.69) is 38.5 Å². The molecular formula is C31H48IN3O8. The molecule has 242 valence electrons. The van der Waals surface area contributed by atoms with Crippen LogP contribution >= 0.6 is 22.6 Å². The van der Waals surface area contributed by atoms with Gasteiger partial charge in [0.2, 0.25) is 11.8 Å². The highest BCUT2D eigenvalue weighted by atomic mass is 127. The fraction of sp³-hybridized carbons (Fsp3) is 0.645. The van der Waals surface area contributed by atoms with Crippen molar-refractivity contribution in [2.24, 2.45) is 0 Å². The lowest BCUT2D eigenvalue weighted by Gasteiger charge is -2.23. The summed E-state index contributed by atoms with van der Waals surface area (Å²) in [5.41, 5.74) is -0.197. The molecule has 0 aliphatic rings. The number of benzene rings is 1. The number of hydrogen-bond donors (Lipinski definition) is 3. The summed E-state index contributed by atoms with van der Waals surface area (Å²) in [6.45, 7) is 10.9. The minimum Gasteiger partial charge on any atom is -0.467 e. The van der Waals surface area contributed by atoms with Crippen molar-refractivity contribution < 1.29 is 38.2 Å². The number of hydrogen-bond acceptors (Lipinski definition) is 8. The second-order valence-corrected chi connectivity index (χ2v) is 13.5. The molecule has 1 aromatic rings. The van der Waals surface area contributed by atoms with E-state index in [1.165, 1.54) is 7.11 Å². The van der Waals surface area contributed by atoms with E-state index in [1.54, 1.807) is 41.5 Å². The third-order valence-electron chi connectivity index (χ3n) is 5.88. The highest BCUT2D eigenvalue weighted by Gasteiger charge is 2.28. The summed E-state index contributed by atoms with van der Waals surface area (Å²) < 4.78 is 16.6. The zero-order valence-electron chi connectivity index (χ0n) is 26.5. The Labute approximate surface area is 269 Å². The van der Waals surface area contributed by atoms with Gasteiger partial charge in [0, 0.05) is 23.0 Å². The third kappa shape index (κ3) is 18.4. The number of methoxy groups -OCH3 is 1. The van der Waals surface area contributed by atoms with Crippen molar-refractivity contribution in [2.75, 3.05) is 13.7 Å². The second kappa shape index (κ2) is 18.7. The van der Waals surface area contributed by atoms with E-state index in [4.69, 9.17) is 14.2 Å². The van der Waals surface area contributed by atoms with Crippen molar-refractivity contribution >= 4 is 52.4 Å². The number of aryl methyl sites for hydroxylation is 1. The summed E-state index contributed by atoms with van der Waals surface area (Å²) in [4.78, 5) is 62.7. The van der Waals surface area contributed by atoms with Crippen LogP contribution < -0.4 is 16.0 Å². The Morgan fingerprint density at radius 3 is 2.00 bits per heavy atom. The van der Waals surface area contributed by atoms with Crippen molar-refractivity contribution in [2.45, 2.75) is 116 Å². The van der Waals surface area contributed by atoms with Crippen LogP contribution in [0.2, 0.25) is 0 Å². The van der Waals surface area contributed by atoms with Gasteiger partial charge < -0.3 is 30.2 Å². The number of nitrogens with one attached hydrogen (secondary N) is 3. The van der Waals surface area contributed by atoms with E-state index >= 15 is 0 Å².